The maximum atomic E-state index is 13.7. The van der Waals surface area contributed by atoms with Gasteiger partial charge in [0.2, 0.25) is 5.91 Å². The summed E-state index contributed by atoms with van der Waals surface area (Å²) >= 11 is 6.33. The lowest BCUT2D eigenvalue weighted by Crippen LogP contribution is -2.46. The van der Waals surface area contributed by atoms with Crippen molar-refractivity contribution in [2.45, 2.75) is 38.8 Å². The Balaban J connectivity index is 1.47. The lowest BCUT2D eigenvalue weighted by molar-refractivity contribution is -0.123. The fraction of sp³-hybridized carbons (Fsp3) is 0.304. The molecule has 0 saturated carbocycles. The van der Waals surface area contributed by atoms with Gasteiger partial charge in [0.15, 0.2) is 0 Å². The molecule has 0 aliphatic carbocycles. The summed E-state index contributed by atoms with van der Waals surface area (Å²) in [5.74, 6) is -0.753. The SMILES string of the molecule is Cc1ccc(N2C(=O)CC(N3CCc4c([nH]c5ccc(F)cc45)C3C)C2=O)c(Cl)c1. The first-order valence-electron chi connectivity index (χ1n) is 10.0. The van der Waals surface area contributed by atoms with Crippen LogP contribution in [-0.2, 0) is 16.0 Å². The zero-order valence-electron chi connectivity index (χ0n) is 16.7. The molecule has 2 amide bonds. The van der Waals surface area contributed by atoms with Gasteiger partial charge in [-0.1, -0.05) is 17.7 Å². The van der Waals surface area contributed by atoms with E-state index in [1.165, 1.54) is 11.0 Å². The number of imide groups is 1. The third kappa shape index (κ3) is 2.86. The largest absolute Gasteiger partial charge is 0.357 e. The Labute approximate surface area is 178 Å². The molecule has 30 heavy (non-hydrogen) atoms. The van der Waals surface area contributed by atoms with Crippen LogP contribution in [0.25, 0.3) is 10.9 Å². The molecule has 2 aliphatic rings. The number of halogens is 2. The molecule has 7 heteroatoms. The van der Waals surface area contributed by atoms with Crippen LogP contribution in [-0.4, -0.2) is 34.3 Å². The van der Waals surface area contributed by atoms with Gasteiger partial charge in [0.1, 0.15) is 5.82 Å². The van der Waals surface area contributed by atoms with Crippen molar-refractivity contribution in [2.24, 2.45) is 0 Å². The van der Waals surface area contributed by atoms with E-state index in [2.05, 4.69) is 9.88 Å². The van der Waals surface area contributed by atoms with Crippen LogP contribution >= 0.6 is 11.6 Å². The first-order chi connectivity index (χ1) is 14.3. The summed E-state index contributed by atoms with van der Waals surface area (Å²) in [6, 6.07) is 9.41. The van der Waals surface area contributed by atoms with Gasteiger partial charge in [-0.3, -0.25) is 14.5 Å². The van der Waals surface area contributed by atoms with Gasteiger partial charge in [-0.15, -0.1) is 0 Å². The monoisotopic (exact) mass is 425 g/mol. The van der Waals surface area contributed by atoms with Crippen molar-refractivity contribution in [1.29, 1.82) is 0 Å². The summed E-state index contributed by atoms with van der Waals surface area (Å²) in [5.41, 5.74) is 4.35. The van der Waals surface area contributed by atoms with Crippen LogP contribution in [0.4, 0.5) is 10.1 Å². The Hall–Kier alpha value is -2.70. The fourth-order valence-electron chi connectivity index (χ4n) is 4.81. The van der Waals surface area contributed by atoms with Gasteiger partial charge in [0.25, 0.3) is 5.91 Å². The van der Waals surface area contributed by atoms with E-state index in [1.54, 1.807) is 24.3 Å². The number of carbonyl (C=O) groups is 2. The van der Waals surface area contributed by atoms with Crippen molar-refractivity contribution in [3.8, 4) is 0 Å². The highest BCUT2D eigenvalue weighted by atomic mass is 35.5. The summed E-state index contributed by atoms with van der Waals surface area (Å²) in [5, 5.41) is 1.28. The van der Waals surface area contributed by atoms with Crippen LogP contribution in [0.3, 0.4) is 0 Å². The van der Waals surface area contributed by atoms with E-state index in [4.69, 9.17) is 11.6 Å². The highest BCUT2D eigenvalue weighted by Gasteiger charge is 2.46. The summed E-state index contributed by atoms with van der Waals surface area (Å²) in [6.45, 7) is 4.55. The minimum atomic E-state index is -0.541. The molecule has 1 N–H and O–H groups in total. The van der Waals surface area contributed by atoms with E-state index >= 15 is 0 Å². The van der Waals surface area contributed by atoms with Gasteiger partial charge >= 0.3 is 0 Å². The Bertz CT molecular complexity index is 1200. The van der Waals surface area contributed by atoms with Crippen LogP contribution in [0.2, 0.25) is 5.02 Å². The molecule has 5 nitrogen and oxygen atoms in total. The number of anilines is 1. The molecule has 5 rings (SSSR count). The number of hydrogen-bond acceptors (Lipinski definition) is 3. The Morgan fingerprint density at radius 3 is 2.73 bits per heavy atom. The number of nitrogens with zero attached hydrogens (tertiary/aromatic N) is 2. The maximum Gasteiger partial charge on any atom is 0.251 e. The normalized spacial score (nSPS) is 22.2. The number of amides is 2. The molecule has 2 aromatic carbocycles. The van der Waals surface area contributed by atoms with E-state index in [0.29, 0.717) is 23.7 Å². The number of rotatable bonds is 2. The highest BCUT2D eigenvalue weighted by Crippen LogP contribution is 2.39. The van der Waals surface area contributed by atoms with E-state index < -0.39 is 6.04 Å². The van der Waals surface area contributed by atoms with Crippen LogP contribution in [0.15, 0.2) is 36.4 Å². The van der Waals surface area contributed by atoms with Gasteiger partial charge in [-0.2, -0.15) is 0 Å². The fourth-order valence-corrected chi connectivity index (χ4v) is 5.13. The zero-order valence-corrected chi connectivity index (χ0v) is 17.5. The van der Waals surface area contributed by atoms with Crippen LogP contribution in [0, 0.1) is 12.7 Å². The van der Waals surface area contributed by atoms with Crippen LogP contribution in [0.5, 0.6) is 0 Å². The predicted octanol–water partition coefficient (Wildman–Crippen LogP) is 4.52. The number of aryl methyl sites for hydroxylation is 1. The number of fused-ring (bicyclic) bond motifs is 3. The van der Waals surface area contributed by atoms with Crippen molar-refractivity contribution in [2.75, 3.05) is 11.4 Å². The second-order valence-corrected chi connectivity index (χ2v) is 8.52. The molecule has 0 bridgehead atoms. The quantitative estimate of drug-likeness (QED) is 0.614. The minimum absolute atomic E-state index is 0.0978. The molecular formula is C23H21ClFN3O2. The standard InChI is InChI=1S/C23H21ClFN3O2/c1-12-3-6-19(17(24)9-12)28-21(29)11-20(23(28)30)27-8-7-15-16-10-14(25)4-5-18(16)26-22(15)13(27)2/h3-6,9-10,13,20,26H,7-8,11H2,1-2H3. The molecule has 1 saturated heterocycles. The Morgan fingerprint density at radius 1 is 1.17 bits per heavy atom. The van der Waals surface area contributed by atoms with Gasteiger partial charge < -0.3 is 4.98 Å². The lowest BCUT2D eigenvalue weighted by atomic mass is 9.96. The third-order valence-corrected chi connectivity index (χ3v) is 6.61. The molecule has 1 fully saturated rings. The van der Waals surface area contributed by atoms with Gasteiger partial charge in [0.05, 0.1) is 23.2 Å². The van der Waals surface area contributed by atoms with E-state index in [-0.39, 0.29) is 30.1 Å². The second kappa shape index (κ2) is 6.93. The Morgan fingerprint density at radius 2 is 1.97 bits per heavy atom. The summed E-state index contributed by atoms with van der Waals surface area (Å²) < 4.78 is 13.7. The molecule has 3 heterocycles. The number of benzene rings is 2. The number of carbonyl (C=O) groups excluding carboxylic acids is 2. The van der Waals surface area contributed by atoms with Crippen molar-refractivity contribution < 1.29 is 14.0 Å². The highest BCUT2D eigenvalue weighted by molar-refractivity contribution is 6.36. The third-order valence-electron chi connectivity index (χ3n) is 6.30. The summed E-state index contributed by atoms with van der Waals surface area (Å²) in [7, 11) is 0. The summed E-state index contributed by atoms with van der Waals surface area (Å²) in [4.78, 5) is 32.7. The van der Waals surface area contributed by atoms with Gasteiger partial charge in [-0.25, -0.2) is 9.29 Å². The van der Waals surface area contributed by atoms with Crippen LogP contribution in [0.1, 0.15) is 36.2 Å². The molecule has 154 valence electrons. The molecule has 0 spiro atoms. The molecule has 1 aromatic heterocycles. The average molecular weight is 426 g/mol. The Kier molecular flexibility index (Phi) is 4.45. The van der Waals surface area contributed by atoms with Crippen molar-refractivity contribution in [1.82, 2.24) is 9.88 Å². The number of aromatic nitrogens is 1. The van der Waals surface area contributed by atoms with E-state index in [0.717, 1.165) is 27.7 Å². The molecule has 2 unspecified atom stereocenters. The predicted molar refractivity (Wildman–Crippen MR) is 114 cm³/mol. The summed E-state index contributed by atoms with van der Waals surface area (Å²) in [6.07, 6.45) is 0.809. The number of H-pyrrole nitrogens is 1. The van der Waals surface area contributed by atoms with Crippen molar-refractivity contribution in [3.63, 3.8) is 0 Å². The van der Waals surface area contributed by atoms with Crippen molar-refractivity contribution in [3.05, 3.63) is 64.1 Å². The molecule has 2 aliphatic heterocycles. The molecule has 3 aromatic rings. The molecule has 0 radical (unpaired) electrons. The van der Waals surface area contributed by atoms with E-state index in [1.807, 2.05) is 19.9 Å². The molecule has 2 atom stereocenters. The average Bonchev–Trinajstić information content (AvgIpc) is 3.20. The zero-order chi connectivity index (χ0) is 21.2. The molecular weight excluding hydrogens is 405 g/mol. The van der Waals surface area contributed by atoms with Gasteiger partial charge in [-0.05, 0) is 61.7 Å². The maximum absolute atomic E-state index is 13.7. The number of aromatic amines is 1. The first-order valence-corrected chi connectivity index (χ1v) is 10.4. The topological polar surface area (TPSA) is 56.4 Å². The van der Waals surface area contributed by atoms with Crippen molar-refractivity contribution >= 4 is 40.0 Å². The smallest absolute Gasteiger partial charge is 0.251 e. The lowest BCUT2D eigenvalue weighted by Gasteiger charge is -2.36. The van der Waals surface area contributed by atoms with E-state index in [9.17, 15) is 14.0 Å². The second-order valence-electron chi connectivity index (χ2n) is 8.11. The number of nitrogens with one attached hydrogen (secondary N) is 1. The number of hydrogen-bond donors (Lipinski definition) is 1. The minimum Gasteiger partial charge on any atom is -0.357 e. The first kappa shape index (κ1) is 19.3. The van der Waals surface area contributed by atoms with Crippen LogP contribution < -0.4 is 4.90 Å². The van der Waals surface area contributed by atoms with Gasteiger partial charge in [0, 0.05) is 29.2 Å².